The minimum Gasteiger partial charge on any atom is -0.480 e. The number of aliphatic carboxylic acids is 1. The zero-order valence-electron chi connectivity index (χ0n) is 6.94. The van der Waals surface area contributed by atoms with Crippen molar-refractivity contribution < 1.29 is 19.8 Å². The van der Waals surface area contributed by atoms with Crippen molar-refractivity contribution in [2.24, 2.45) is 0 Å². The maximum absolute atomic E-state index is 10.9. The summed E-state index contributed by atoms with van der Waals surface area (Å²) in [4.78, 5) is 22.3. The molecule has 0 rings (SSSR count). The van der Waals surface area contributed by atoms with E-state index < -0.39 is 24.6 Å². The summed E-state index contributed by atoms with van der Waals surface area (Å²) in [5.41, 5.74) is 0. The van der Waals surface area contributed by atoms with E-state index in [1.54, 1.807) is 0 Å². The Labute approximate surface area is 69.8 Å². The SMILES string of the molecule is CN(C)C(=O)NC(CO)C(=O)O. The fourth-order valence-electron chi connectivity index (χ4n) is 0.464. The minimum atomic E-state index is -1.26. The van der Waals surface area contributed by atoms with E-state index in [1.807, 2.05) is 0 Å². The van der Waals surface area contributed by atoms with E-state index in [4.69, 9.17) is 10.2 Å². The number of hydrogen-bond donors (Lipinski definition) is 3. The lowest BCUT2D eigenvalue weighted by Crippen LogP contribution is -2.47. The quantitative estimate of drug-likeness (QED) is 0.498. The van der Waals surface area contributed by atoms with Crippen LogP contribution in [0.25, 0.3) is 0 Å². The van der Waals surface area contributed by atoms with Gasteiger partial charge in [0.2, 0.25) is 0 Å². The molecule has 0 aromatic carbocycles. The van der Waals surface area contributed by atoms with E-state index >= 15 is 0 Å². The molecule has 0 aromatic rings. The second-order valence-electron chi connectivity index (χ2n) is 2.42. The second kappa shape index (κ2) is 4.55. The van der Waals surface area contributed by atoms with Gasteiger partial charge in [-0.3, -0.25) is 0 Å². The van der Waals surface area contributed by atoms with Crippen LogP contribution in [-0.4, -0.2) is 53.9 Å². The molecule has 0 aliphatic heterocycles. The highest BCUT2D eigenvalue weighted by molar-refractivity contribution is 5.82. The molecule has 0 aromatic heterocycles. The average Bonchev–Trinajstić information content (AvgIpc) is 1.98. The molecule has 0 heterocycles. The number of urea groups is 1. The van der Waals surface area contributed by atoms with Gasteiger partial charge in [0.15, 0.2) is 6.04 Å². The van der Waals surface area contributed by atoms with Crippen molar-refractivity contribution in [3.63, 3.8) is 0 Å². The molecule has 0 saturated carbocycles. The summed E-state index contributed by atoms with van der Waals surface area (Å²) in [6.45, 7) is -0.616. The normalized spacial score (nSPS) is 11.9. The molecule has 0 aliphatic rings. The molecule has 0 fully saturated rings. The van der Waals surface area contributed by atoms with Gasteiger partial charge in [-0.05, 0) is 0 Å². The van der Waals surface area contributed by atoms with Crippen molar-refractivity contribution in [3.8, 4) is 0 Å². The van der Waals surface area contributed by atoms with Crippen molar-refractivity contribution in [1.82, 2.24) is 10.2 Å². The van der Waals surface area contributed by atoms with Crippen LogP contribution >= 0.6 is 0 Å². The molecule has 70 valence electrons. The number of carbonyl (C=O) groups excluding carboxylic acids is 1. The fraction of sp³-hybridized carbons (Fsp3) is 0.667. The highest BCUT2D eigenvalue weighted by Crippen LogP contribution is 1.85. The summed E-state index contributed by atoms with van der Waals surface area (Å²) >= 11 is 0. The van der Waals surface area contributed by atoms with Crippen LogP contribution in [0.5, 0.6) is 0 Å². The first-order valence-corrected chi connectivity index (χ1v) is 3.30. The number of hydrogen-bond acceptors (Lipinski definition) is 3. The molecule has 0 radical (unpaired) electrons. The largest absolute Gasteiger partial charge is 0.480 e. The summed E-state index contributed by atoms with van der Waals surface area (Å²) < 4.78 is 0. The van der Waals surface area contributed by atoms with Gasteiger partial charge in [0, 0.05) is 14.1 Å². The van der Waals surface area contributed by atoms with Gasteiger partial charge in [-0.15, -0.1) is 0 Å². The molecular formula is C6H12N2O4. The lowest BCUT2D eigenvalue weighted by atomic mass is 10.3. The van der Waals surface area contributed by atoms with Crippen LogP contribution in [0, 0.1) is 0 Å². The van der Waals surface area contributed by atoms with Gasteiger partial charge in [0.25, 0.3) is 0 Å². The van der Waals surface area contributed by atoms with Crippen LogP contribution in [0.3, 0.4) is 0 Å². The Morgan fingerprint density at radius 1 is 1.50 bits per heavy atom. The highest BCUT2D eigenvalue weighted by atomic mass is 16.4. The maximum Gasteiger partial charge on any atom is 0.328 e. The first-order chi connectivity index (χ1) is 5.49. The number of carbonyl (C=O) groups is 2. The standard InChI is InChI=1S/C6H12N2O4/c1-8(2)6(12)7-4(3-9)5(10)11/h4,9H,3H2,1-2H3,(H,7,12)(H,10,11). The number of nitrogens with one attached hydrogen (secondary N) is 1. The number of rotatable bonds is 3. The molecule has 0 saturated heterocycles. The van der Waals surface area contributed by atoms with Crippen molar-refractivity contribution in [2.75, 3.05) is 20.7 Å². The monoisotopic (exact) mass is 176 g/mol. The predicted molar refractivity (Wildman–Crippen MR) is 40.7 cm³/mol. The Balaban J connectivity index is 4.03. The minimum absolute atomic E-state index is 0.545. The third kappa shape index (κ3) is 3.20. The number of amides is 2. The molecule has 1 unspecified atom stereocenters. The number of carboxylic acids is 1. The predicted octanol–water partition coefficient (Wildman–Crippen LogP) is -1.30. The molecule has 12 heavy (non-hydrogen) atoms. The van der Waals surface area contributed by atoms with Crippen molar-refractivity contribution in [2.45, 2.75) is 6.04 Å². The molecule has 1 atom stereocenters. The van der Waals surface area contributed by atoms with E-state index in [1.165, 1.54) is 19.0 Å². The molecule has 2 amide bonds. The lowest BCUT2D eigenvalue weighted by Gasteiger charge is -2.15. The second-order valence-corrected chi connectivity index (χ2v) is 2.42. The van der Waals surface area contributed by atoms with Crippen LogP contribution in [0.2, 0.25) is 0 Å². The van der Waals surface area contributed by atoms with E-state index in [0.717, 1.165) is 0 Å². The summed E-state index contributed by atoms with van der Waals surface area (Å²) in [6, 6.07) is -1.78. The van der Waals surface area contributed by atoms with Gasteiger partial charge in [-0.1, -0.05) is 0 Å². The van der Waals surface area contributed by atoms with Crippen molar-refractivity contribution in [1.29, 1.82) is 0 Å². The molecule has 0 aliphatic carbocycles. The molecule has 6 nitrogen and oxygen atoms in total. The van der Waals surface area contributed by atoms with Crippen LogP contribution in [0.1, 0.15) is 0 Å². The maximum atomic E-state index is 10.9. The Bertz CT molecular complexity index is 180. The van der Waals surface area contributed by atoms with E-state index in [0.29, 0.717) is 0 Å². The van der Waals surface area contributed by atoms with E-state index in [2.05, 4.69) is 5.32 Å². The van der Waals surface area contributed by atoms with Gasteiger partial charge < -0.3 is 20.4 Å². The van der Waals surface area contributed by atoms with Gasteiger partial charge in [-0.2, -0.15) is 0 Å². The molecule has 0 bridgehead atoms. The van der Waals surface area contributed by atoms with Crippen LogP contribution in [0.4, 0.5) is 4.79 Å². The van der Waals surface area contributed by atoms with Gasteiger partial charge >= 0.3 is 12.0 Å². The van der Waals surface area contributed by atoms with E-state index in [-0.39, 0.29) is 0 Å². The molecule has 0 spiro atoms. The van der Waals surface area contributed by atoms with Gasteiger partial charge in [0.1, 0.15) is 0 Å². The van der Waals surface area contributed by atoms with Gasteiger partial charge in [0.05, 0.1) is 6.61 Å². The number of carboxylic acid groups (broad SMARTS) is 1. The molecular weight excluding hydrogens is 164 g/mol. The summed E-state index contributed by atoms with van der Waals surface area (Å²) in [5, 5.41) is 19.0. The Morgan fingerprint density at radius 3 is 2.25 bits per heavy atom. The Morgan fingerprint density at radius 2 is 2.00 bits per heavy atom. The van der Waals surface area contributed by atoms with Gasteiger partial charge in [-0.25, -0.2) is 9.59 Å². The Hall–Kier alpha value is -1.30. The Kier molecular flexibility index (Phi) is 4.06. The zero-order valence-corrected chi connectivity index (χ0v) is 6.94. The number of nitrogens with zero attached hydrogens (tertiary/aromatic N) is 1. The van der Waals surface area contributed by atoms with Crippen molar-refractivity contribution in [3.05, 3.63) is 0 Å². The molecule has 6 heteroatoms. The van der Waals surface area contributed by atoms with Crippen LogP contribution in [0.15, 0.2) is 0 Å². The first kappa shape index (κ1) is 10.7. The third-order valence-electron chi connectivity index (χ3n) is 1.18. The first-order valence-electron chi connectivity index (χ1n) is 3.30. The van der Waals surface area contributed by atoms with Crippen LogP contribution in [-0.2, 0) is 4.79 Å². The average molecular weight is 176 g/mol. The van der Waals surface area contributed by atoms with Crippen LogP contribution < -0.4 is 5.32 Å². The topological polar surface area (TPSA) is 89.9 Å². The third-order valence-corrected chi connectivity index (χ3v) is 1.18. The summed E-state index contributed by atoms with van der Waals surface area (Å²) in [5.74, 6) is -1.26. The zero-order chi connectivity index (χ0) is 9.72. The van der Waals surface area contributed by atoms with E-state index in [9.17, 15) is 9.59 Å². The molecule has 3 N–H and O–H groups in total. The lowest BCUT2D eigenvalue weighted by molar-refractivity contribution is -0.140. The smallest absolute Gasteiger partial charge is 0.328 e. The van der Waals surface area contributed by atoms with Crippen molar-refractivity contribution >= 4 is 12.0 Å². The highest BCUT2D eigenvalue weighted by Gasteiger charge is 2.18. The fourth-order valence-corrected chi connectivity index (χ4v) is 0.464. The summed E-state index contributed by atoms with van der Waals surface area (Å²) in [7, 11) is 2.96. The number of aliphatic hydroxyl groups excluding tert-OH is 1. The number of aliphatic hydroxyl groups is 1. The summed E-state index contributed by atoms with van der Waals surface area (Å²) in [6.07, 6.45) is 0.